The number of anilines is 1. The summed E-state index contributed by atoms with van der Waals surface area (Å²) >= 11 is 0. The van der Waals surface area contributed by atoms with Gasteiger partial charge in [-0.3, -0.25) is 4.79 Å². The van der Waals surface area contributed by atoms with E-state index in [4.69, 9.17) is 5.11 Å². The molecule has 0 aliphatic carbocycles. The molecule has 1 rings (SSSR count). The van der Waals surface area contributed by atoms with Gasteiger partial charge >= 0.3 is 0 Å². The number of hydrogen-bond acceptors (Lipinski definition) is 4. The maximum absolute atomic E-state index is 12.4. The lowest BCUT2D eigenvalue weighted by molar-refractivity contribution is 0.0827. The minimum absolute atomic E-state index is 0.0678. The summed E-state index contributed by atoms with van der Waals surface area (Å²) in [6.45, 7) is -0.681. The number of aromatic nitrogens is 1. The Hall–Kier alpha value is -1.76. The highest BCUT2D eigenvalue weighted by Crippen LogP contribution is 2.13. The third-order valence-corrected chi connectivity index (χ3v) is 2.45. The lowest BCUT2D eigenvalue weighted by atomic mass is 10.2. The predicted octanol–water partition coefficient (Wildman–Crippen LogP) is 0.847. The van der Waals surface area contributed by atoms with Crippen LogP contribution in [0.1, 0.15) is 10.4 Å². The molecule has 0 spiro atoms. The first-order valence-corrected chi connectivity index (χ1v) is 5.77. The molecule has 0 aromatic carbocycles. The quantitative estimate of drug-likeness (QED) is 0.834. The molecule has 106 valence electrons. The standard InChI is InChI=1S/C12H17F2N3O2/c1-16(2)12(19)9-3-4-11(15-7-9)17(5-6-18)8-10(13)14/h3-4,7,10,18H,5-6,8H2,1-2H3. The average molecular weight is 273 g/mol. The minimum atomic E-state index is -2.52. The molecule has 7 heteroatoms. The van der Waals surface area contributed by atoms with Crippen molar-refractivity contribution in [1.29, 1.82) is 0 Å². The third kappa shape index (κ3) is 4.44. The molecule has 0 radical (unpaired) electrons. The topological polar surface area (TPSA) is 56.7 Å². The fourth-order valence-corrected chi connectivity index (χ4v) is 1.54. The van der Waals surface area contributed by atoms with Crippen LogP contribution in [0.4, 0.5) is 14.6 Å². The monoisotopic (exact) mass is 273 g/mol. The molecule has 0 unspecified atom stereocenters. The highest BCUT2D eigenvalue weighted by Gasteiger charge is 2.15. The molecule has 1 amide bonds. The summed E-state index contributed by atoms with van der Waals surface area (Å²) in [6, 6.07) is 3.02. The number of nitrogens with zero attached hydrogens (tertiary/aromatic N) is 3. The van der Waals surface area contributed by atoms with Crippen molar-refractivity contribution in [3.63, 3.8) is 0 Å². The van der Waals surface area contributed by atoms with Crippen LogP contribution in [-0.4, -0.2) is 61.1 Å². The van der Waals surface area contributed by atoms with Gasteiger partial charge in [0.15, 0.2) is 0 Å². The van der Waals surface area contributed by atoms with Crippen LogP contribution in [0.15, 0.2) is 18.3 Å². The Labute approximate surface area is 110 Å². The molecule has 0 saturated carbocycles. The summed E-state index contributed by atoms with van der Waals surface area (Å²) < 4.78 is 24.8. The number of alkyl halides is 2. The van der Waals surface area contributed by atoms with E-state index in [9.17, 15) is 13.6 Å². The van der Waals surface area contributed by atoms with E-state index in [1.54, 1.807) is 14.1 Å². The minimum Gasteiger partial charge on any atom is -0.395 e. The smallest absolute Gasteiger partial charge is 0.255 e. The molecule has 0 atom stereocenters. The van der Waals surface area contributed by atoms with Crippen LogP contribution in [0, 0.1) is 0 Å². The summed E-state index contributed by atoms with van der Waals surface area (Å²) in [7, 11) is 3.23. The van der Waals surface area contributed by atoms with Gasteiger partial charge in [-0.15, -0.1) is 0 Å². The highest BCUT2D eigenvalue weighted by atomic mass is 19.3. The molecule has 19 heavy (non-hydrogen) atoms. The second-order valence-corrected chi connectivity index (χ2v) is 4.17. The lowest BCUT2D eigenvalue weighted by Gasteiger charge is -2.22. The molecule has 0 aliphatic heterocycles. The first-order chi connectivity index (χ1) is 8.95. The van der Waals surface area contributed by atoms with E-state index in [1.807, 2.05) is 0 Å². The molecular formula is C12H17F2N3O2. The van der Waals surface area contributed by atoms with Crippen LogP contribution >= 0.6 is 0 Å². The van der Waals surface area contributed by atoms with Gasteiger partial charge in [0.25, 0.3) is 12.3 Å². The normalized spacial score (nSPS) is 10.6. The van der Waals surface area contributed by atoms with Crippen molar-refractivity contribution in [2.24, 2.45) is 0 Å². The van der Waals surface area contributed by atoms with Gasteiger partial charge in [-0.05, 0) is 12.1 Å². The van der Waals surface area contributed by atoms with E-state index in [-0.39, 0.29) is 19.1 Å². The van der Waals surface area contributed by atoms with Crippen LogP contribution in [0.2, 0.25) is 0 Å². The van der Waals surface area contributed by atoms with E-state index in [2.05, 4.69) is 4.98 Å². The van der Waals surface area contributed by atoms with Gasteiger partial charge in [0.2, 0.25) is 0 Å². The molecule has 1 heterocycles. The van der Waals surface area contributed by atoms with Crippen molar-refractivity contribution < 1.29 is 18.7 Å². The number of pyridine rings is 1. The molecule has 5 nitrogen and oxygen atoms in total. The zero-order valence-corrected chi connectivity index (χ0v) is 10.9. The largest absolute Gasteiger partial charge is 0.395 e. The van der Waals surface area contributed by atoms with Crippen LogP contribution in [0.3, 0.4) is 0 Å². The van der Waals surface area contributed by atoms with Crippen LogP contribution in [0.5, 0.6) is 0 Å². The molecule has 1 aromatic rings. The number of carbonyl (C=O) groups is 1. The number of amides is 1. The van der Waals surface area contributed by atoms with E-state index < -0.39 is 13.0 Å². The summed E-state index contributed by atoms with van der Waals surface area (Å²) in [5.41, 5.74) is 0.384. The van der Waals surface area contributed by atoms with E-state index in [0.29, 0.717) is 11.4 Å². The van der Waals surface area contributed by atoms with Crippen LogP contribution in [-0.2, 0) is 0 Å². The summed E-state index contributed by atoms with van der Waals surface area (Å²) in [5, 5.41) is 8.85. The zero-order chi connectivity index (χ0) is 14.4. The van der Waals surface area contributed by atoms with Gasteiger partial charge in [-0.25, -0.2) is 13.8 Å². The first-order valence-electron chi connectivity index (χ1n) is 5.77. The third-order valence-electron chi connectivity index (χ3n) is 2.45. The SMILES string of the molecule is CN(C)C(=O)c1ccc(N(CCO)CC(F)F)nc1. The number of aliphatic hydroxyl groups excluding tert-OH is 1. The summed E-state index contributed by atoms with van der Waals surface area (Å²) in [4.78, 5) is 18.3. The Kier molecular flexibility index (Phi) is 5.62. The summed E-state index contributed by atoms with van der Waals surface area (Å²) in [5.74, 6) is 0.103. The average Bonchev–Trinajstić information content (AvgIpc) is 2.37. The molecular weight excluding hydrogens is 256 g/mol. The van der Waals surface area contributed by atoms with Gasteiger partial charge in [0.1, 0.15) is 5.82 Å². The van der Waals surface area contributed by atoms with E-state index in [1.165, 1.54) is 28.1 Å². The van der Waals surface area contributed by atoms with Gasteiger partial charge in [-0.2, -0.15) is 0 Å². The van der Waals surface area contributed by atoms with Crippen LogP contribution < -0.4 is 4.90 Å². The van der Waals surface area contributed by atoms with Gasteiger partial charge < -0.3 is 14.9 Å². The highest BCUT2D eigenvalue weighted by molar-refractivity contribution is 5.93. The fraction of sp³-hybridized carbons (Fsp3) is 0.500. The zero-order valence-electron chi connectivity index (χ0n) is 10.9. The first kappa shape index (κ1) is 15.3. The van der Waals surface area contributed by atoms with Gasteiger partial charge in [0, 0.05) is 26.8 Å². The van der Waals surface area contributed by atoms with Crippen LogP contribution in [0.25, 0.3) is 0 Å². The molecule has 0 fully saturated rings. The number of carbonyl (C=O) groups excluding carboxylic acids is 1. The molecule has 1 N–H and O–H groups in total. The van der Waals surface area contributed by atoms with Crippen molar-refractivity contribution in [2.45, 2.75) is 6.43 Å². The molecule has 1 aromatic heterocycles. The summed E-state index contributed by atoms with van der Waals surface area (Å²) in [6.07, 6.45) is -1.18. The molecule has 0 bridgehead atoms. The van der Waals surface area contributed by atoms with E-state index in [0.717, 1.165) is 0 Å². The van der Waals surface area contributed by atoms with Crippen molar-refractivity contribution in [3.05, 3.63) is 23.9 Å². The van der Waals surface area contributed by atoms with Crippen molar-refractivity contribution in [3.8, 4) is 0 Å². The number of aliphatic hydroxyl groups is 1. The Morgan fingerprint density at radius 2 is 2.11 bits per heavy atom. The maximum atomic E-state index is 12.4. The Balaban J connectivity index is 2.85. The maximum Gasteiger partial charge on any atom is 0.255 e. The number of rotatable bonds is 6. The second-order valence-electron chi connectivity index (χ2n) is 4.17. The van der Waals surface area contributed by atoms with Gasteiger partial charge in [-0.1, -0.05) is 0 Å². The second kappa shape index (κ2) is 6.98. The lowest BCUT2D eigenvalue weighted by Crippen LogP contribution is -2.32. The van der Waals surface area contributed by atoms with Crippen molar-refractivity contribution >= 4 is 11.7 Å². The number of hydrogen-bond donors (Lipinski definition) is 1. The van der Waals surface area contributed by atoms with Gasteiger partial charge in [0.05, 0.1) is 18.7 Å². The van der Waals surface area contributed by atoms with Crippen molar-refractivity contribution in [1.82, 2.24) is 9.88 Å². The van der Waals surface area contributed by atoms with E-state index >= 15 is 0 Å². The predicted molar refractivity (Wildman–Crippen MR) is 67.6 cm³/mol. The molecule has 0 saturated heterocycles. The van der Waals surface area contributed by atoms with Crippen molar-refractivity contribution in [2.75, 3.05) is 38.7 Å². The number of halogens is 2. The molecule has 0 aliphatic rings. The fourth-order valence-electron chi connectivity index (χ4n) is 1.54. The Morgan fingerprint density at radius 1 is 1.42 bits per heavy atom. The Morgan fingerprint density at radius 3 is 2.53 bits per heavy atom. The Bertz CT molecular complexity index is 410.